The molecule has 5 heteroatoms. The summed E-state index contributed by atoms with van der Waals surface area (Å²) in [4.78, 5) is 14.6. The molecule has 1 amide bonds. The summed E-state index contributed by atoms with van der Waals surface area (Å²) in [6, 6.07) is 0. The number of ether oxygens (including phenoxy) is 2. The number of likely N-dealkylation sites (tertiary alicyclic amines) is 1. The number of fused-ring (bicyclic) bond motifs is 2. The van der Waals surface area contributed by atoms with E-state index in [4.69, 9.17) is 9.47 Å². The third kappa shape index (κ3) is 3.27. The molecule has 1 N–H and O–H groups in total. The van der Waals surface area contributed by atoms with Crippen LogP contribution in [-0.4, -0.2) is 62.9 Å². The SMILES string of the molecule is COCCN1CC2CC(C(=O)NCC3CC3)C(C1)O2. The van der Waals surface area contributed by atoms with Crippen molar-refractivity contribution in [2.24, 2.45) is 11.8 Å². The third-order valence-corrected chi connectivity index (χ3v) is 4.44. The summed E-state index contributed by atoms with van der Waals surface area (Å²) in [7, 11) is 1.73. The monoisotopic (exact) mass is 268 g/mol. The van der Waals surface area contributed by atoms with Crippen molar-refractivity contribution in [1.29, 1.82) is 0 Å². The number of amides is 1. The lowest BCUT2D eigenvalue weighted by Crippen LogP contribution is -2.46. The summed E-state index contributed by atoms with van der Waals surface area (Å²) < 4.78 is 11.0. The highest BCUT2D eigenvalue weighted by Gasteiger charge is 2.44. The Hall–Kier alpha value is -0.650. The first kappa shape index (κ1) is 13.3. The number of nitrogens with zero attached hydrogens (tertiary/aromatic N) is 1. The fourth-order valence-electron chi connectivity index (χ4n) is 3.11. The Morgan fingerprint density at radius 3 is 3.00 bits per heavy atom. The van der Waals surface area contributed by atoms with Crippen LogP contribution in [0.1, 0.15) is 19.3 Å². The van der Waals surface area contributed by atoms with Gasteiger partial charge in [0.25, 0.3) is 0 Å². The largest absolute Gasteiger partial charge is 0.383 e. The molecule has 0 spiro atoms. The smallest absolute Gasteiger partial charge is 0.225 e. The number of methoxy groups -OCH3 is 1. The molecule has 0 aromatic carbocycles. The molecule has 0 aromatic heterocycles. The lowest BCUT2D eigenvalue weighted by molar-refractivity contribution is -0.128. The Morgan fingerprint density at radius 1 is 1.42 bits per heavy atom. The van der Waals surface area contributed by atoms with E-state index in [0.717, 1.165) is 45.1 Å². The molecule has 2 heterocycles. The normalized spacial score (nSPS) is 34.5. The first-order chi connectivity index (χ1) is 9.26. The molecule has 2 bridgehead atoms. The van der Waals surface area contributed by atoms with E-state index in [-0.39, 0.29) is 24.0 Å². The van der Waals surface area contributed by atoms with Crippen LogP contribution in [0.15, 0.2) is 0 Å². The van der Waals surface area contributed by atoms with Crippen molar-refractivity contribution in [3.63, 3.8) is 0 Å². The molecule has 5 nitrogen and oxygen atoms in total. The van der Waals surface area contributed by atoms with Gasteiger partial charge in [-0.25, -0.2) is 0 Å². The Morgan fingerprint density at radius 2 is 2.26 bits per heavy atom. The summed E-state index contributed by atoms with van der Waals surface area (Å²) >= 11 is 0. The minimum absolute atomic E-state index is 0.0521. The number of carbonyl (C=O) groups is 1. The maximum absolute atomic E-state index is 12.2. The van der Waals surface area contributed by atoms with Gasteiger partial charge in [-0.2, -0.15) is 0 Å². The topological polar surface area (TPSA) is 50.8 Å². The number of nitrogens with one attached hydrogen (secondary N) is 1. The van der Waals surface area contributed by atoms with Crippen LogP contribution in [0.4, 0.5) is 0 Å². The summed E-state index contributed by atoms with van der Waals surface area (Å²) in [5, 5.41) is 3.10. The molecule has 3 fully saturated rings. The van der Waals surface area contributed by atoms with Gasteiger partial charge >= 0.3 is 0 Å². The fourth-order valence-corrected chi connectivity index (χ4v) is 3.11. The average molecular weight is 268 g/mol. The molecular weight excluding hydrogens is 244 g/mol. The first-order valence-electron chi connectivity index (χ1n) is 7.40. The third-order valence-electron chi connectivity index (χ3n) is 4.44. The van der Waals surface area contributed by atoms with Gasteiger partial charge in [-0.15, -0.1) is 0 Å². The fraction of sp³-hybridized carbons (Fsp3) is 0.929. The van der Waals surface area contributed by atoms with Crippen LogP contribution < -0.4 is 5.32 Å². The molecule has 19 heavy (non-hydrogen) atoms. The zero-order valence-electron chi connectivity index (χ0n) is 11.6. The van der Waals surface area contributed by atoms with Gasteiger partial charge < -0.3 is 14.8 Å². The van der Waals surface area contributed by atoms with E-state index in [1.165, 1.54) is 12.8 Å². The summed E-state index contributed by atoms with van der Waals surface area (Å²) in [6.07, 6.45) is 3.74. The molecule has 2 saturated heterocycles. The van der Waals surface area contributed by atoms with Gasteiger partial charge in [0, 0.05) is 33.3 Å². The van der Waals surface area contributed by atoms with Gasteiger partial charge in [-0.1, -0.05) is 0 Å². The summed E-state index contributed by atoms with van der Waals surface area (Å²) in [5.74, 6) is 0.994. The minimum atomic E-state index is 0.0521. The Labute approximate surface area is 114 Å². The Kier molecular flexibility index (Phi) is 4.05. The molecule has 0 aromatic rings. The molecule has 3 aliphatic rings. The van der Waals surface area contributed by atoms with Gasteiger partial charge in [0.15, 0.2) is 0 Å². The van der Waals surface area contributed by atoms with E-state index in [9.17, 15) is 4.79 Å². The number of carbonyl (C=O) groups excluding carboxylic acids is 1. The lowest BCUT2D eigenvalue weighted by atomic mass is 9.99. The molecule has 1 aliphatic carbocycles. The maximum Gasteiger partial charge on any atom is 0.225 e. The van der Waals surface area contributed by atoms with Crippen LogP contribution in [0.25, 0.3) is 0 Å². The van der Waals surface area contributed by atoms with Crippen LogP contribution in [0, 0.1) is 11.8 Å². The van der Waals surface area contributed by atoms with E-state index in [0.29, 0.717) is 0 Å². The Bertz CT molecular complexity index is 333. The predicted molar refractivity (Wildman–Crippen MR) is 70.8 cm³/mol. The molecule has 3 unspecified atom stereocenters. The minimum Gasteiger partial charge on any atom is -0.383 e. The first-order valence-corrected chi connectivity index (χ1v) is 7.40. The van der Waals surface area contributed by atoms with Crippen molar-refractivity contribution < 1.29 is 14.3 Å². The van der Waals surface area contributed by atoms with Gasteiger partial charge in [0.05, 0.1) is 24.7 Å². The second-order valence-corrected chi connectivity index (χ2v) is 6.08. The molecule has 0 radical (unpaired) electrons. The van der Waals surface area contributed by atoms with Crippen molar-refractivity contribution in [2.75, 3.05) is 39.9 Å². The van der Waals surface area contributed by atoms with Crippen molar-refractivity contribution in [3.05, 3.63) is 0 Å². The lowest BCUT2D eigenvalue weighted by Gasteiger charge is -2.32. The van der Waals surface area contributed by atoms with E-state index < -0.39 is 0 Å². The van der Waals surface area contributed by atoms with E-state index in [1.54, 1.807) is 7.11 Å². The molecule has 3 rings (SSSR count). The quantitative estimate of drug-likeness (QED) is 0.750. The van der Waals surface area contributed by atoms with Crippen LogP contribution >= 0.6 is 0 Å². The summed E-state index contributed by atoms with van der Waals surface area (Å²) in [6.45, 7) is 4.34. The van der Waals surface area contributed by atoms with E-state index in [2.05, 4.69) is 10.2 Å². The highest BCUT2D eigenvalue weighted by molar-refractivity contribution is 5.79. The van der Waals surface area contributed by atoms with Crippen molar-refractivity contribution in [1.82, 2.24) is 10.2 Å². The number of morpholine rings is 1. The standard InChI is InChI=1S/C14H24N2O3/c1-18-5-4-16-8-11-6-12(13(9-16)19-11)14(17)15-7-10-2-3-10/h10-13H,2-9H2,1H3,(H,15,17). The van der Waals surface area contributed by atoms with Crippen LogP contribution in [-0.2, 0) is 14.3 Å². The van der Waals surface area contributed by atoms with Crippen molar-refractivity contribution >= 4 is 5.91 Å². The summed E-state index contributed by atoms with van der Waals surface area (Å²) in [5.41, 5.74) is 0. The van der Waals surface area contributed by atoms with E-state index in [1.807, 2.05) is 0 Å². The average Bonchev–Trinajstić information content (AvgIpc) is 3.19. The number of hydrogen-bond acceptors (Lipinski definition) is 4. The van der Waals surface area contributed by atoms with Gasteiger partial charge in [0.2, 0.25) is 5.91 Å². The second kappa shape index (κ2) is 5.77. The molecular formula is C14H24N2O3. The van der Waals surface area contributed by atoms with Crippen LogP contribution in [0.3, 0.4) is 0 Å². The second-order valence-electron chi connectivity index (χ2n) is 6.08. The molecule has 1 saturated carbocycles. The van der Waals surface area contributed by atoms with Gasteiger partial charge in [0.1, 0.15) is 0 Å². The van der Waals surface area contributed by atoms with Crippen molar-refractivity contribution in [3.8, 4) is 0 Å². The molecule has 3 atom stereocenters. The Balaban J connectivity index is 1.49. The predicted octanol–water partition coefficient (Wildman–Crippen LogP) is 0.248. The van der Waals surface area contributed by atoms with Crippen molar-refractivity contribution in [2.45, 2.75) is 31.5 Å². The highest BCUT2D eigenvalue weighted by atomic mass is 16.5. The van der Waals surface area contributed by atoms with Crippen LogP contribution in [0.2, 0.25) is 0 Å². The van der Waals surface area contributed by atoms with Gasteiger partial charge in [-0.05, 0) is 25.2 Å². The zero-order chi connectivity index (χ0) is 13.2. The molecule has 2 aliphatic heterocycles. The molecule has 108 valence electrons. The van der Waals surface area contributed by atoms with Crippen LogP contribution in [0.5, 0.6) is 0 Å². The maximum atomic E-state index is 12.2. The number of rotatable bonds is 6. The highest BCUT2D eigenvalue weighted by Crippen LogP contribution is 2.32. The van der Waals surface area contributed by atoms with E-state index >= 15 is 0 Å². The van der Waals surface area contributed by atoms with Gasteiger partial charge in [-0.3, -0.25) is 9.69 Å². The number of hydrogen-bond donors (Lipinski definition) is 1. The zero-order valence-corrected chi connectivity index (χ0v) is 11.6.